The summed E-state index contributed by atoms with van der Waals surface area (Å²) in [6.45, 7) is 5.74. The van der Waals surface area contributed by atoms with Gasteiger partial charge in [0.1, 0.15) is 6.10 Å². The summed E-state index contributed by atoms with van der Waals surface area (Å²) in [6, 6.07) is 6.94. The molecule has 3 unspecified atom stereocenters. The third-order valence-electron chi connectivity index (χ3n) is 4.93. The number of fused-ring (bicyclic) bond motifs is 2. The van der Waals surface area contributed by atoms with Gasteiger partial charge in [-0.25, -0.2) is 4.90 Å². The summed E-state index contributed by atoms with van der Waals surface area (Å²) in [6.07, 6.45) is 1.21. The summed E-state index contributed by atoms with van der Waals surface area (Å²) in [5.41, 5.74) is -0.0715. The number of imide groups is 1. The molecule has 1 aromatic rings. The molecule has 1 aromatic carbocycles. The van der Waals surface area contributed by atoms with Gasteiger partial charge in [-0.3, -0.25) is 9.59 Å². The van der Waals surface area contributed by atoms with Gasteiger partial charge >= 0.3 is 0 Å². The Morgan fingerprint density at radius 2 is 1.73 bits per heavy atom. The van der Waals surface area contributed by atoms with Crippen LogP contribution in [0.4, 0.5) is 0 Å². The molecule has 22 heavy (non-hydrogen) atoms. The average Bonchev–Trinajstić information content (AvgIpc) is 3.00. The monoisotopic (exact) mass is 301 g/mol. The number of amides is 2. The molecule has 116 valence electrons. The van der Waals surface area contributed by atoms with E-state index in [1.54, 1.807) is 24.3 Å². The standard InChI is InChI=1S/C17H19NO4/c1-10-8-9-17(13(10)21-16(2,3)22-17)18-14(19)11-6-4-5-7-12(11)15(18)20/h4-7,10,13H,8-9H2,1-3H3. The minimum atomic E-state index is -0.976. The fraction of sp³-hybridized carbons (Fsp3) is 0.529. The maximum absolute atomic E-state index is 12.8. The molecule has 1 saturated heterocycles. The predicted molar refractivity (Wildman–Crippen MR) is 78.1 cm³/mol. The Morgan fingerprint density at radius 1 is 1.14 bits per heavy atom. The number of carbonyl (C=O) groups is 2. The minimum Gasteiger partial charge on any atom is -0.342 e. The first-order chi connectivity index (χ1) is 10.4. The highest BCUT2D eigenvalue weighted by Gasteiger charge is 2.65. The summed E-state index contributed by atoms with van der Waals surface area (Å²) in [4.78, 5) is 26.9. The number of rotatable bonds is 1. The molecule has 2 heterocycles. The molecule has 0 radical (unpaired) electrons. The van der Waals surface area contributed by atoms with Gasteiger partial charge in [0.05, 0.1) is 11.1 Å². The maximum Gasteiger partial charge on any atom is 0.264 e. The average molecular weight is 301 g/mol. The van der Waals surface area contributed by atoms with E-state index in [-0.39, 0.29) is 23.8 Å². The van der Waals surface area contributed by atoms with Crippen molar-refractivity contribution in [3.05, 3.63) is 35.4 Å². The lowest BCUT2D eigenvalue weighted by Gasteiger charge is -2.36. The van der Waals surface area contributed by atoms with Crippen LogP contribution in [0.15, 0.2) is 24.3 Å². The SMILES string of the molecule is CC1CCC2(N3C(=O)c4ccccc4C3=O)OC(C)(C)OC12. The van der Waals surface area contributed by atoms with Crippen molar-refractivity contribution in [3.8, 4) is 0 Å². The molecule has 4 rings (SSSR count). The molecule has 0 bridgehead atoms. The van der Waals surface area contributed by atoms with E-state index in [1.165, 1.54) is 4.90 Å². The molecule has 1 saturated carbocycles. The Morgan fingerprint density at radius 3 is 2.32 bits per heavy atom. The van der Waals surface area contributed by atoms with Gasteiger partial charge in [0.25, 0.3) is 11.8 Å². The molecular weight excluding hydrogens is 282 g/mol. The minimum absolute atomic E-state index is 0.242. The van der Waals surface area contributed by atoms with Crippen molar-refractivity contribution in [2.75, 3.05) is 0 Å². The van der Waals surface area contributed by atoms with Crippen LogP contribution in [0.25, 0.3) is 0 Å². The van der Waals surface area contributed by atoms with Crippen molar-refractivity contribution in [2.45, 2.75) is 51.2 Å². The first kappa shape index (κ1) is 13.9. The molecule has 2 amide bonds. The Balaban J connectivity index is 1.82. The van der Waals surface area contributed by atoms with E-state index in [4.69, 9.17) is 9.47 Å². The van der Waals surface area contributed by atoms with Gasteiger partial charge in [0.15, 0.2) is 11.5 Å². The van der Waals surface area contributed by atoms with Crippen molar-refractivity contribution in [1.29, 1.82) is 0 Å². The molecule has 2 aliphatic heterocycles. The second kappa shape index (κ2) is 4.18. The second-order valence-corrected chi connectivity index (χ2v) is 6.89. The molecular formula is C17H19NO4. The van der Waals surface area contributed by atoms with Crippen LogP contribution < -0.4 is 0 Å². The normalized spacial score (nSPS) is 35.9. The van der Waals surface area contributed by atoms with Gasteiger partial charge in [0.2, 0.25) is 0 Å². The highest BCUT2D eigenvalue weighted by atomic mass is 16.8. The lowest BCUT2D eigenvalue weighted by molar-refractivity contribution is -0.188. The first-order valence-corrected chi connectivity index (χ1v) is 7.72. The van der Waals surface area contributed by atoms with E-state index in [9.17, 15) is 9.59 Å². The van der Waals surface area contributed by atoms with Crippen LogP contribution in [-0.4, -0.2) is 34.3 Å². The van der Waals surface area contributed by atoms with Crippen LogP contribution >= 0.6 is 0 Å². The van der Waals surface area contributed by atoms with E-state index >= 15 is 0 Å². The van der Waals surface area contributed by atoms with Gasteiger partial charge < -0.3 is 9.47 Å². The largest absolute Gasteiger partial charge is 0.342 e. The Bertz CT molecular complexity index is 648. The van der Waals surface area contributed by atoms with Crippen molar-refractivity contribution < 1.29 is 19.1 Å². The van der Waals surface area contributed by atoms with E-state index in [0.717, 1.165) is 6.42 Å². The van der Waals surface area contributed by atoms with E-state index in [2.05, 4.69) is 6.92 Å². The van der Waals surface area contributed by atoms with E-state index in [1.807, 2.05) is 13.8 Å². The highest BCUT2D eigenvalue weighted by molar-refractivity contribution is 6.21. The number of hydrogen-bond acceptors (Lipinski definition) is 4. The van der Waals surface area contributed by atoms with Gasteiger partial charge in [-0.1, -0.05) is 19.1 Å². The summed E-state index contributed by atoms with van der Waals surface area (Å²) in [5, 5.41) is 0. The maximum atomic E-state index is 12.8. The molecule has 3 atom stereocenters. The fourth-order valence-corrected chi connectivity index (χ4v) is 4.06. The number of carbonyl (C=O) groups excluding carboxylic acids is 2. The summed E-state index contributed by atoms with van der Waals surface area (Å²) in [5.74, 6) is -1.11. The zero-order valence-electron chi connectivity index (χ0n) is 13.0. The number of hydrogen-bond donors (Lipinski definition) is 0. The Labute approximate surface area is 129 Å². The summed E-state index contributed by atoms with van der Waals surface area (Å²) < 4.78 is 12.2. The molecule has 0 N–H and O–H groups in total. The summed E-state index contributed by atoms with van der Waals surface area (Å²) in [7, 11) is 0. The first-order valence-electron chi connectivity index (χ1n) is 7.72. The lowest BCUT2D eigenvalue weighted by Crippen LogP contribution is -2.56. The van der Waals surface area contributed by atoms with Crippen LogP contribution in [0, 0.1) is 5.92 Å². The number of benzene rings is 1. The third kappa shape index (κ3) is 1.61. The van der Waals surface area contributed by atoms with Crippen molar-refractivity contribution in [1.82, 2.24) is 4.90 Å². The number of ether oxygens (including phenoxy) is 2. The molecule has 1 aliphatic carbocycles. The third-order valence-corrected chi connectivity index (χ3v) is 4.93. The molecule has 3 aliphatic rings. The zero-order chi connectivity index (χ0) is 15.7. The van der Waals surface area contributed by atoms with Crippen molar-refractivity contribution in [3.63, 3.8) is 0 Å². The van der Waals surface area contributed by atoms with Gasteiger partial charge in [0, 0.05) is 0 Å². The quantitative estimate of drug-likeness (QED) is 0.748. The highest BCUT2D eigenvalue weighted by Crippen LogP contribution is 2.52. The summed E-state index contributed by atoms with van der Waals surface area (Å²) >= 11 is 0. The van der Waals surface area contributed by atoms with Gasteiger partial charge in [-0.05, 0) is 44.7 Å². The number of nitrogens with zero attached hydrogens (tertiary/aromatic N) is 1. The van der Waals surface area contributed by atoms with Crippen LogP contribution in [0.1, 0.15) is 54.3 Å². The molecule has 0 spiro atoms. The van der Waals surface area contributed by atoms with Crippen LogP contribution in [-0.2, 0) is 9.47 Å². The van der Waals surface area contributed by atoms with E-state index in [0.29, 0.717) is 17.5 Å². The molecule has 0 aromatic heterocycles. The van der Waals surface area contributed by atoms with E-state index < -0.39 is 11.5 Å². The zero-order valence-corrected chi connectivity index (χ0v) is 13.0. The van der Waals surface area contributed by atoms with Crippen molar-refractivity contribution in [2.24, 2.45) is 5.92 Å². The lowest BCUT2D eigenvalue weighted by atomic mass is 10.0. The van der Waals surface area contributed by atoms with Crippen LogP contribution in [0.5, 0.6) is 0 Å². The van der Waals surface area contributed by atoms with Crippen LogP contribution in [0.2, 0.25) is 0 Å². The fourth-order valence-electron chi connectivity index (χ4n) is 4.06. The van der Waals surface area contributed by atoms with Crippen molar-refractivity contribution >= 4 is 11.8 Å². The van der Waals surface area contributed by atoms with Crippen LogP contribution in [0.3, 0.4) is 0 Å². The Hall–Kier alpha value is -1.72. The second-order valence-electron chi connectivity index (χ2n) is 6.89. The molecule has 2 fully saturated rings. The molecule has 5 nitrogen and oxygen atoms in total. The van der Waals surface area contributed by atoms with Gasteiger partial charge in [-0.15, -0.1) is 0 Å². The Kier molecular flexibility index (Phi) is 2.64. The smallest absolute Gasteiger partial charge is 0.264 e. The predicted octanol–water partition coefficient (Wildman–Crippen LogP) is 2.56. The van der Waals surface area contributed by atoms with Gasteiger partial charge in [-0.2, -0.15) is 0 Å². The molecule has 5 heteroatoms. The topological polar surface area (TPSA) is 55.8 Å².